The number of hydrogen-bond acceptors (Lipinski definition) is 2. The maximum absolute atomic E-state index is 12.0. The predicted octanol–water partition coefficient (Wildman–Crippen LogP) is 2.32. The fourth-order valence-corrected chi connectivity index (χ4v) is 2.21. The molecule has 1 aliphatic heterocycles. The first-order chi connectivity index (χ1) is 9.20. The molecule has 1 fully saturated rings. The number of amides is 2. The summed E-state index contributed by atoms with van der Waals surface area (Å²) in [6, 6.07) is 10.7. The van der Waals surface area contributed by atoms with Crippen LogP contribution in [0.1, 0.15) is 20.3 Å². The molecule has 1 aromatic rings. The van der Waals surface area contributed by atoms with E-state index in [1.807, 2.05) is 17.9 Å². The molecule has 1 aliphatic rings. The van der Waals surface area contributed by atoms with Gasteiger partial charge in [-0.25, -0.2) is 4.79 Å². The van der Waals surface area contributed by atoms with E-state index in [4.69, 9.17) is 0 Å². The van der Waals surface area contributed by atoms with Crippen molar-refractivity contribution in [1.82, 2.24) is 10.2 Å². The number of urea groups is 1. The lowest BCUT2D eigenvalue weighted by atomic mass is 10.2. The zero-order valence-corrected chi connectivity index (χ0v) is 11.8. The molecule has 0 aliphatic carbocycles. The van der Waals surface area contributed by atoms with E-state index < -0.39 is 0 Å². The van der Waals surface area contributed by atoms with Crippen LogP contribution >= 0.6 is 0 Å². The number of rotatable bonds is 3. The number of benzene rings is 1. The fourth-order valence-electron chi connectivity index (χ4n) is 2.21. The quantitative estimate of drug-likeness (QED) is 0.906. The Kier molecular flexibility index (Phi) is 4.66. The van der Waals surface area contributed by atoms with E-state index in [9.17, 15) is 4.79 Å². The molecule has 1 heterocycles. The fraction of sp³-hybridized carbons (Fsp3) is 0.533. The van der Waals surface area contributed by atoms with E-state index in [0.717, 1.165) is 32.6 Å². The summed E-state index contributed by atoms with van der Waals surface area (Å²) in [7, 11) is 0. The third-order valence-corrected chi connectivity index (χ3v) is 3.67. The van der Waals surface area contributed by atoms with Gasteiger partial charge in [-0.05, 0) is 25.5 Å². The summed E-state index contributed by atoms with van der Waals surface area (Å²) in [5.74, 6) is 0. The number of piperazine rings is 1. The summed E-state index contributed by atoms with van der Waals surface area (Å²) in [5.41, 5.74) is 1.24. The SMILES string of the molecule is CCC(C)NC(=O)N1CCN(c2ccccc2)CC1. The van der Waals surface area contributed by atoms with Crippen LogP contribution in [0.3, 0.4) is 0 Å². The smallest absolute Gasteiger partial charge is 0.317 e. The van der Waals surface area contributed by atoms with Crippen molar-refractivity contribution in [2.45, 2.75) is 26.3 Å². The average molecular weight is 261 g/mol. The Labute approximate surface area is 115 Å². The molecule has 1 unspecified atom stereocenters. The second-order valence-corrected chi connectivity index (χ2v) is 5.07. The van der Waals surface area contributed by atoms with Crippen LogP contribution in [0, 0.1) is 0 Å². The molecular weight excluding hydrogens is 238 g/mol. The van der Waals surface area contributed by atoms with Crippen LogP contribution in [0.4, 0.5) is 10.5 Å². The van der Waals surface area contributed by atoms with Gasteiger partial charge in [0.1, 0.15) is 0 Å². The van der Waals surface area contributed by atoms with Gasteiger partial charge < -0.3 is 15.1 Å². The van der Waals surface area contributed by atoms with Gasteiger partial charge in [-0.1, -0.05) is 25.1 Å². The molecule has 0 aromatic heterocycles. The maximum atomic E-state index is 12.0. The molecule has 0 bridgehead atoms. The Morgan fingerprint density at radius 2 is 1.84 bits per heavy atom. The van der Waals surface area contributed by atoms with Gasteiger partial charge in [-0.3, -0.25) is 0 Å². The summed E-state index contributed by atoms with van der Waals surface area (Å²) in [6.45, 7) is 7.50. The highest BCUT2D eigenvalue weighted by Gasteiger charge is 2.21. The molecule has 1 N–H and O–H groups in total. The van der Waals surface area contributed by atoms with E-state index in [1.165, 1.54) is 5.69 Å². The van der Waals surface area contributed by atoms with E-state index in [0.29, 0.717) is 0 Å². The Morgan fingerprint density at radius 1 is 1.21 bits per heavy atom. The summed E-state index contributed by atoms with van der Waals surface area (Å²) in [6.07, 6.45) is 0.968. The average Bonchev–Trinajstić information content (AvgIpc) is 2.48. The first-order valence-electron chi connectivity index (χ1n) is 7.06. The summed E-state index contributed by atoms with van der Waals surface area (Å²) in [4.78, 5) is 16.2. The van der Waals surface area contributed by atoms with Gasteiger partial charge in [-0.15, -0.1) is 0 Å². The largest absolute Gasteiger partial charge is 0.368 e. The lowest BCUT2D eigenvalue weighted by molar-refractivity contribution is 0.191. The Bertz CT molecular complexity index is 399. The van der Waals surface area contributed by atoms with E-state index in [2.05, 4.69) is 41.4 Å². The summed E-state index contributed by atoms with van der Waals surface area (Å²) >= 11 is 0. The van der Waals surface area contributed by atoms with Gasteiger partial charge >= 0.3 is 6.03 Å². The van der Waals surface area contributed by atoms with E-state index in [-0.39, 0.29) is 12.1 Å². The number of para-hydroxylation sites is 1. The van der Waals surface area contributed by atoms with Gasteiger partial charge in [0.2, 0.25) is 0 Å². The number of carbonyl (C=O) groups is 1. The lowest BCUT2D eigenvalue weighted by Crippen LogP contribution is -2.53. The van der Waals surface area contributed by atoms with Crippen LogP contribution in [0.25, 0.3) is 0 Å². The van der Waals surface area contributed by atoms with Gasteiger partial charge in [0.05, 0.1) is 0 Å². The standard InChI is InChI=1S/C15H23N3O/c1-3-13(2)16-15(19)18-11-9-17(10-12-18)14-7-5-4-6-8-14/h4-8,13H,3,9-12H2,1-2H3,(H,16,19). The molecule has 0 saturated carbocycles. The van der Waals surface area contributed by atoms with Crippen LogP contribution in [0.5, 0.6) is 0 Å². The Hall–Kier alpha value is -1.71. The van der Waals surface area contributed by atoms with Crippen LogP contribution < -0.4 is 10.2 Å². The van der Waals surface area contributed by atoms with Crippen molar-refractivity contribution < 1.29 is 4.79 Å². The number of nitrogens with one attached hydrogen (secondary N) is 1. The molecular formula is C15H23N3O. The Morgan fingerprint density at radius 3 is 2.42 bits per heavy atom. The molecule has 4 nitrogen and oxygen atoms in total. The predicted molar refractivity (Wildman–Crippen MR) is 78.5 cm³/mol. The first-order valence-corrected chi connectivity index (χ1v) is 7.06. The molecule has 19 heavy (non-hydrogen) atoms. The van der Waals surface area contributed by atoms with Crippen molar-refractivity contribution in [3.05, 3.63) is 30.3 Å². The van der Waals surface area contributed by atoms with Gasteiger partial charge in [0.25, 0.3) is 0 Å². The lowest BCUT2D eigenvalue weighted by Gasteiger charge is -2.36. The monoisotopic (exact) mass is 261 g/mol. The van der Waals surface area contributed by atoms with Crippen LogP contribution in [-0.2, 0) is 0 Å². The molecule has 1 saturated heterocycles. The number of hydrogen-bond donors (Lipinski definition) is 1. The molecule has 1 aromatic carbocycles. The van der Waals surface area contributed by atoms with Gasteiger partial charge in [-0.2, -0.15) is 0 Å². The normalized spacial score (nSPS) is 17.2. The van der Waals surface area contributed by atoms with Gasteiger partial charge in [0.15, 0.2) is 0 Å². The van der Waals surface area contributed by atoms with Gasteiger partial charge in [0, 0.05) is 37.9 Å². The molecule has 2 amide bonds. The minimum atomic E-state index is 0.0714. The van der Waals surface area contributed by atoms with Crippen molar-refractivity contribution >= 4 is 11.7 Å². The number of anilines is 1. The minimum absolute atomic E-state index is 0.0714. The highest BCUT2D eigenvalue weighted by Crippen LogP contribution is 2.15. The minimum Gasteiger partial charge on any atom is -0.368 e. The topological polar surface area (TPSA) is 35.6 Å². The number of nitrogens with zero attached hydrogens (tertiary/aromatic N) is 2. The zero-order chi connectivity index (χ0) is 13.7. The summed E-state index contributed by atoms with van der Waals surface area (Å²) < 4.78 is 0. The second-order valence-electron chi connectivity index (χ2n) is 5.07. The number of carbonyl (C=O) groups excluding carboxylic acids is 1. The van der Waals surface area contributed by atoms with E-state index >= 15 is 0 Å². The van der Waals surface area contributed by atoms with Crippen molar-refractivity contribution in [1.29, 1.82) is 0 Å². The highest BCUT2D eigenvalue weighted by atomic mass is 16.2. The van der Waals surface area contributed by atoms with E-state index in [1.54, 1.807) is 0 Å². The Balaban J connectivity index is 1.84. The summed E-state index contributed by atoms with van der Waals surface area (Å²) in [5, 5.41) is 3.02. The third-order valence-electron chi connectivity index (χ3n) is 3.67. The zero-order valence-electron chi connectivity index (χ0n) is 11.8. The van der Waals surface area contributed by atoms with Crippen molar-refractivity contribution in [2.24, 2.45) is 0 Å². The molecule has 1 atom stereocenters. The molecule has 0 radical (unpaired) electrons. The first kappa shape index (κ1) is 13.7. The second kappa shape index (κ2) is 6.45. The van der Waals surface area contributed by atoms with Crippen molar-refractivity contribution in [3.8, 4) is 0 Å². The maximum Gasteiger partial charge on any atom is 0.317 e. The molecule has 104 valence electrons. The van der Waals surface area contributed by atoms with Crippen LogP contribution in [0.2, 0.25) is 0 Å². The highest BCUT2D eigenvalue weighted by molar-refractivity contribution is 5.74. The van der Waals surface area contributed by atoms with Crippen molar-refractivity contribution in [3.63, 3.8) is 0 Å². The molecule has 4 heteroatoms. The van der Waals surface area contributed by atoms with Crippen LogP contribution in [0.15, 0.2) is 30.3 Å². The third kappa shape index (κ3) is 3.63. The molecule has 2 rings (SSSR count). The van der Waals surface area contributed by atoms with Crippen LogP contribution in [-0.4, -0.2) is 43.2 Å². The molecule has 0 spiro atoms. The van der Waals surface area contributed by atoms with Crippen molar-refractivity contribution in [2.75, 3.05) is 31.1 Å².